The number of nitrogens with one attached hydrogen (secondary N) is 2. The molecule has 0 atom stereocenters. The number of amides is 3. The number of benzene rings is 4. The minimum absolute atomic E-state index is 0.200. The van der Waals surface area contributed by atoms with Gasteiger partial charge in [0.25, 0.3) is 17.7 Å². The summed E-state index contributed by atoms with van der Waals surface area (Å²) >= 11 is 0. The van der Waals surface area contributed by atoms with Crippen LogP contribution >= 0.6 is 0 Å². The highest BCUT2D eigenvalue weighted by molar-refractivity contribution is 6.10. The van der Waals surface area contributed by atoms with E-state index in [0.717, 1.165) is 5.56 Å². The van der Waals surface area contributed by atoms with Crippen molar-refractivity contribution in [1.29, 1.82) is 0 Å². The van der Waals surface area contributed by atoms with Gasteiger partial charge in [0.15, 0.2) is 0 Å². The Morgan fingerprint density at radius 2 is 1.26 bits per heavy atom. The van der Waals surface area contributed by atoms with Gasteiger partial charge in [0.2, 0.25) is 0 Å². The Kier molecular flexibility index (Phi) is 7.33. The van der Waals surface area contributed by atoms with Gasteiger partial charge in [-0.3, -0.25) is 14.4 Å². The first kappa shape index (κ1) is 23.4. The zero-order valence-corrected chi connectivity index (χ0v) is 19.3. The normalized spacial score (nSPS) is 10.3. The van der Waals surface area contributed by atoms with Crippen molar-refractivity contribution in [1.82, 2.24) is 4.90 Å². The Hall–Kier alpha value is -4.71. The van der Waals surface area contributed by atoms with Crippen LogP contribution in [0.3, 0.4) is 0 Å². The van der Waals surface area contributed by atoms with E-state index in [1.54, 1.807) is 84.7 Å². The molecule has 0 heterocycles. The molecule has 0 aliphatic heterocycles. The summed E-state index contributed by atoms with van der Waals surface area (Å²) < 4.78 is 0. The highest BCUT2D eigenvalue weighted by Crippen LogP contribution is 2.20. The molecule has 4 aromatic rings. The van der Waals surface area contributed by atoms with Gasteiger partial charge in [-0.25, -0.2) is 0 Å². The van der Waals surface area contributed by atoms with Crippen LogP contribution < -0.4 is 10.6 Å². The lowest BCUT2D eigenvalue weighted by Crippen LogP contribution is -2.27. The number of rotatable bonds is 7. The second-order valence-electron chi connectivity index (χ2n) is 8.05. The maximum absolute atomic E-state index is 13.1. The molecule has 4 rings (SSSR count). The molecule has 0 saturated carbocycles. The molecule has 4 aromatic carbocycles. The molecular formula is C29H25N3O3. The lowest BCUT2D eigenvalue weighted by Gasteiger charge is -2.19. The highest BCUT2D eigenvalue weighted by atomic mass is 16.2. The quantitative estimate of drug-likeness (QED) is 0.382. The van der Waals surface area contributed by atoms with Gasteiger partial charge in [0.05, 0.1) is 11.3 Å². The van der Waals surface area contributed by atoms with Crippen LogP contribution in [0.1, 0.15) is 36.6 Å². The molecule has 6 heteroatoms. The maximum atomic E-state index is 13.1. The molecule has 0 aliphatic rings. The van der Waals surface area contributed by atoms with Gasteiger partial charge in [-0.2, -0.15) is 0 Å². The average molecular weight is 464 g/mol. The molecule has 0 unspecified atom stereocenters. The van der Waals surface area contributed by atoms with Crippen molar-refractivity contribution in [2.24, 2.45) is 0 Å². The Labute approximate surface area is 204 Å². The van der Waals surface area contributed by atoms with Gasteiger partial charge in [0, 0.05) is 30.4 Å². The third-order valence-corrected chi connectivity index (χ3v) is 5.43. The smallest absolute Gasteiger partial charge is 0.256 e. The van der Waals surface area contributed by atoms with Crippen molar-refractivity contribution in [3.63, 3.8) is 0 Å². The molecule has 0 bridgehead atoms. The standard InChI is InChI=1S/C29H25N3O3/c1-32(20-21-11-4-2-5-12-21)29(35)25-17-8-9-18-26(25)31-28(34)23-15-10-16-24(19-23)30-27(33)22-13-6-3-7-14-22/h2-19H,20H2,1H3,(H,30,33)(H,31,34). The fraction of sp³-hybridized carbons (Fsp3) is 0.0690. The number of carbonyl (C=O) groups is 3. The second kappa shape index (κ2) is 10.9. The highest BCUT2D eigenvalue weighted by Gasteiger charge is 2.18. The number of hydrogen-bond acceptors (Lipinski definition) is 3. The summed E-state index contributed by atoms with van der Waals surface area (Å²) in [6.07, 6.45) is 0. The predicted molar refractivity (Wildman–Crippen MR) is 137 cm³/mol. The molecule has 0 aliphatic carbocycles. The van der Waals surface area contributed by atoms with E-state index in [9.17, 15) is 14.4 Å². The molecule has 2 N–H and O–H groups in total. The zero-order chi connectivity index (χ0) is 24.6. The molecular weight excluding hydrogens is 438 g/mol. The summed E-state index contributed by atoms with van der Waals surface area (Å²) in [7, 11) is 1.73. The van der Waals surface area contributed by atoms with Gasteiger partial charge in [-0.1, -0.05) is 66.7 Å². The van der Waals surface area contributed by atoms with Crippen molar-refractivity contribution in [3.05, 3.63) is 131 Å². The SMILES string of the molecule is CN(Cc1ccccc1)C(=O)c1ccccc1NC(=O)c1cccc(NC(=O)c2ccccc2)c1. The van der Waals surface area contributed by atoms with Gasteiger partial charge < -0.3 is 15.5 Å². The summed E-state index contributed by atoms with van der Waals surface area (Å²) in [5.41, 5.74) is 3.21. The maximum Gasteiger partial charge on any atom is 0.256 e. The van der Waals surface area contributed by atoms with E-state index in [4.69, 9.17) is 0 Å². The van der Waals surface area contributed by atoms with Crippen LogP contribution in [0.15, 0.2) is 109 Å². The molecule has 35 heavy (non-hydrogen) atoms. The summed E-state index contributed by atoms with van der Waals surface area (Å²) in [6, 6.07) is 32.1. The van der Waals surface area contributed by atoms with Crippen molar-refractivity contribution in [2.45, 2.75) is 6.54 Å². The molecule has 174 valence electrons. The first-order valence-electron chi connectivity index (χ1n) is 11.2. The van der Waals surface area contributed by atoms with Crippen LogP contribution in [0.2, 0.25) is 0 Å². The van der Waals surface area contributed by atoms with Crippen LogP contribution in [0.25, 0.3) is 0 Å². The summed E-state index contributed by atoms with van der Waals surface area (Å²) in [5.74, 6) is -0.846. The van der Waals surface area contributed by atoms with E-state index in [1.807, 2.05) is 36.4 Å². The number of anilines is 2. The number of nitrogens with zero attached hydrogens (tertiary/aromatic N) is 1. The fourth-order valence-electron chi connectivity index (χ4n) is 3.64. The van der Waals surface area contributed by atoms with E-state index in [0.29, 0.717) is 34.6 Å². The first-order chi connectivity index (χ1) is 17.0. The summed E-state index contributed by atoms with van der Waals surface area (Å²) in [5, 5.41) is 5.64. The lowest BCUT2D eigenvalue weighted by atomic mass is 10.1. The summed E-state index contributed by atoms with van der Waals surface area (Å²) in [6.45, 7) is 0.450. The molecule has 0 fully saturated rings. The van der Waals surface area contributed by atoms with Gasteiger partial charge in [0.1, 0.15) is 0 Å². The molecule has 0 saturated heterocycles. The van der Waals surface area contributed by atoms with E-state index in [1.165, 1.54) is 0 Å². The molecule has 0 spiro atoms. The van der Waals surface area contributed by atoms with E-state index in [-0.39, 0.29) is 17.7 Å². The van der Waals surface area contributed by atoms with Gasteiger partial charge >= 0.3 is 0 Å². The van der Waals surface area contributed by atoms with Crippen molar-refractivity contribution < 1.29 is 14.4 Å². The van der Waals surface area contributed by atoms with E-state index >= 15 is 0 Å². The topological polar surface area (TPSA) is 78.5 Å². The molecule has 0 radical (unpaired) electrons. The third kappa shape index (κ3) is 6.00. The molecule has 3 amide bonds. The van der Waals surface area contributed by atoms with Crippen molar-refractivity contribution in [2.75, 3.05) is 17.7 Å². The Bertz CT molecular complexity index is 1340. The third-order valence-electron chi connectivity index (χ3n) is 5.43. The van der Waals surface area contributed by atoms with Crippen LogP contribution in [-0.4, -0.2) is 29.7 Å². The summed E-state index contributed by atoms with van der Waals surface area (Å²) in [4.78, 5) is 40.2. The molecule has 0 aromatic heterocycles. The van der Waals surface area contributed by atoms with Crippen molar-refractivity contribution >= 4 is 29.1 Å². The number of hydrogen-bond donors (Lipinski definition) is 2. The minimum Gasteiger partial charge on any atom is -0.337 e. The molecule has 6 nitrogen and oxygen atoms in total. The van der Waals surface area contributed by atoms with E-state index in [2.05, 4.69) is 10.6 Å². The predicted octanol–water partition coefficient (Wildman–Crippen LogP) is 5.46. The fourth-order valence-corrected chi connectivity index (χ4v) is 3.64. The lowest BCUT2D eigenvalue weighted by molar-refractivity contribution is 0.0786. The number of para-hydroxylation sites is 1. The zero-order valence-electron chi connectivity index (χ0n) is 19.3. The van der Waals surface area contributed by atoms with E-state index < -0.39 is 0 Å². The second-order valence-corrected chi connectivity index (χ2v) is 8.05. The van der Waals surface area contributed by atoms with Crippen LogP contribution in [0.4, 0.5) is 11.4 Å². The first-order valence-corrected chi connectivity index (χ1v) is 11.2. The monoisotopic (exact) mass is 463 g/mol. The average Bonchev–Trinajstić information content (AvgIpc) is 2.90. The van der Waals surface area contributed by atoms with Crippen LogP contribution in [0.5, 0.6) is 0 Å². The Balaban J connectivity index is 1.47. The minimum atomic E-state index is -0.383. The number of carbonyl (C=O) groups excluding carboxylic acids is 3. The van der Waals surface area contributed by atoms with Crippen molar-refractivity contribution in [3.8, 4) is 0 Å². The van der Waals surface area contributed by atoms with Crippen LogP contribution in [-0.2, 0) is 6.54 Å². The largest absolute Gasteiger partial charge is 0.337 e. The Morgan fingerprint density at radius 1 is 0.657 bits per heavy atom. The van der Waals surface area contributed by atoms with Gasteiger partial charge in [-0.05, 0) is 48.0 Å². The van der Waals surface area contributed by atoms with Crippen LogP contribution in [0, 0.1) is 0 Å². The van der Waals surface area contributed by atoms with Gasteiger partial charge in [-0.15, -0.1) is 0 Å². The Morgan fingerprint density at radius 3 is 2.00 bits per heavy atom.